The highest BCUT2D eigenvalue weighted by atomic mass is 32.2. The molecule has 0 radical (unpaired) electrons. The average molecular weight is 238 g/mol. The number of carbonyl (C=O) groups excluding carboxylic acids is 1. The van der Waals surface area contributed by atoms with E-state index in [1.54, 1.807) is 6.92 Å². The lowest BCUT2D eigenvalue weighted by atomic mass is 10.2. The predicted molar refractivity (Wildman–Crippen MR) is 56.7 cm³/mol. The smallest absolute Gasteiger partial charge is 0.236 e. The summed E-state index contributed by atoms with van der Waals surface area (Å²) in [5, 5.41) is 0. The number of hydrogen-bond donors (Lipinski definition) is 2. The third-order valence-electron chi connectivity index (χ3n) is 1.75. The van der Waals surface area contributed by atoms with E-state index in [9.17, 15) is 13.2 Å². The minimum Gasteiger partial charge on any atom is -0.380 e. The maximum Gasteiger partial charge on any atom is 0.236 e. The summed E-state index contributed by atoms with van der Waals surface area (Å²) in [5.41, 5.74) is 5.30. The van der Waals surface area contributed by atoms with Crippen LogP contribution in [0.2, 0.25) is 0 Å². The van der Waals surface area contributed by atoms with Crippen LogP contribution in [-0.4, -0.2) is 39.8 Å². The van der Waals surface area contributed by atoms with Crippen molar-refractivity contribution in [3.05, 3.63) is 0 Å². The second-order valence-corrected chi connectivity index (χ2v) is 4.98. The van der Waals surface area contributed by atoms with E-state index >= 15 is 0 Å². The molecule has 0 aromatic rings. The van der Waals surface area contributed by atoms with Crippen LogP contribution in [0, 0.1) is 0 Å². The van der Waals surface area contributed by atoms with Crippen LogP contribution in [0.4, 0.5) is 0 Å². The van der Waals surface area contributed by atoms with E-state index in [-0.39, 0.29) is 18.7 Å². The van der Waals surface area contributed by atoms with Gasteiger partial charge in [0.1, 0.15) is 0 Å². The van der Waals surface area contributed by atoms with Crippen LogP contribution in [0.3, 0.4) is 0 Å². The van der Waals surface area contributed by atoms with Gasteiger partial charge >= 0.3 is 0 Å². The molecule has 0 spiro atoms. The molecule has 0 aromatic heterocycles. The Morgan fingerprint density at radius 3 is 2.53 bits per heavy atom. The van der Waals surface area contributed by atoms with Crippen molar-refractivity contribution < 1.29 is 17.9 Å². The molecule has 7 heteroatoms. The summed E-state index contributed by atoms with van der Waals surface area (Å²) in [4.78, 5) is 11.2. The fraction of sp³-hybridized carbons (Fsp3) is 0.875. The van der Waals surface area contributed by atoms with Gasteiger partial charge in [0.05, 0.1) is 18.3 Å². The Balaban J connectivity index is 4.14. The molecule has 90 valence electrons. The third kappa shape index (κ3) is 6.43. The molecule has 0 aliphatic heterocycles. The van der Waals surface area contributed by atoms with Crippen LogP contribution in [0.25, 0.3) is 0 Å². The zero-order valence-corrected chi connectivity index (χ0v) is 9.84. The molecule has 0 aliphatic rings. The van der Waals surface area contributed by atoms with E-state index < -0.39 is 22.0 Å². The van der Waals surface area contributed by atoms with E-state index in [2.05, 4.69) is 0 Å². The van der Waals surface area contributed by atoms with Crippen molar-refractivity contribution in [2.24, 2.45) is 5.73 Å². The summed E-state index contributed by atoms with van der Waals surface area (Å²) >= 11 is 0. The van der Waals surface area contributed by atoms with Gasteiger partial charge in [-0.25, -0.2) is 8.42 Å². The molecule has 0 saturated carbocycles. The van der Waals surface area contributed by atoms with Crippen LogP contribution in [0.15, 0.2) is 0 Å². The van der Waals surface area contributed by atoms with Gasteiger partial charge < -0.3 is 10.5 Å². The first-order valence-electron chi connectivity index (χ1n) is 4.71. The SMILES string of the molecule is CCCS(=O)(=O)NC(=O)CC(CN)OC. The number of nitrogens with one attached hydrogen (secondary N) is 1. The van der Waals surface area contributed by atoms with Crippen LogP contribution in [-0.2, 0) is 19.6 Å². The maximum atomic E-state index is 11.2. The fourth-order valence-corrected chi connectivity index (χ4v) is 2.07. The number of methoxy groups -OCH3 is 1. The lowest BCUT2D eigenvalue weighted by Gasteiger charge is -2.12. The molecule has 1 amide bonds. The summed E-state index contributed by atoms with van der Waals surface area (Å²) in [7, 11) is -2.07. The molecule has 0 fully saturated rings. The van der Waals surface area contributed by atoms with Crippen molar-refractivity contribution in [3.8, 4) is 0 Å². The molecule has 0 bridgehead atoms. The molecular weight excluding hydrogens is 220 g/mol. The normalized spacial score (nSPS) is 13.5. The number of ether oxygens (including phenoxy) is 1. The Bertz CT molecular complexity index is 285. The monoisotopic (exact) mass is 238 g/mol. The van der Waals surface area contributed by atoms with Gasteiger partial charge in [0.2, 0.25) is 15.9 Å². The Hall–Kier alpha value is -0.660. The largest absolute Gasteiger partial charge is 0.380 e. The van der Waals surface area contributed by atoms with Gasteiger partial charge in [-0.15, -0.1) is 0 Å². The molecule has 1 unspecified atom stereocenters. The molecular formula is C8H18N2O4S. The van der Waals surface area contributed by atoms with E-state index in [4.69, 9.17) is 10.5 Å². The van der Waals surface area contributed by atoms with Gasteiger partial charge in [0.15, 0.2) is 0 Å². The zero-order chi connectivity index (χ0) is 11.9. The van der Waals surface area contributed by atoms with Gasteiger partial charge in [-0.2, -0.15) is 0 Å². The van der Waals surface area contributed by atoms with Crippen LogP contribution in [0.1, 0.15) is 19.8 Å². The molecule has 15 heavy (non-hydrogen) atoms. The molecule has 1 atom stereocenters. The highest BCUT2D eigenvalue weighted by Crippen LogP contribution is 1.96. The lowest BCUT2D eigenvalue weighted by Crippen LogP contribution is -2.36. The summed E-state index contributed by atoms with van der Waals surface area (Å²) in [6.07, 6.45) is -0.0230. The van der Waals surface area contributed by atoms with Crippen LogP contribution in [0.5, 0.6) is 0 Å². The number of sulfonamides is 1. The summed E-state index contributed by atoms with van der Waals surface area (Å²) in [6, 6.07) is 0. The van der Waals surface area contributed by atoms with Crippen molar-refractivity contribution in [3.63, 3.8) is 0 Å². The van der Waals surface area contributed by atoms with E-state index in [1.807, 2.05) is 4.72 Å². The van der Waals surface area contributed by atoms with E-state index in [1.165, 1.54) is 7.11 Å². The highest BCUT2D eigenvalue weighted by Gasteiger charge is 2.16. The Labute approximate surface area is 90.2 Å². The number of nitrogens with two attached hydrogens (primary N) is 1. The molecule has 0 rings (SSSR count). The number of amides is 1. The van der Waals surface area contributed by atoms with Gasteiger partial charge in [0, 0.05) is 13.7 Å². The van der Waals surface area contributed by atoms with Crippen molar-refractivity contribution >= 4 is 15.9 Å². The lowest BCUT2D eigenvalue weighted by molar-refractivity contribution is -0.121. The number of carbonyl (C=O) groups is 1. The fourth-order valence-electron chi connectivity index (χ4n) is 1.00. The molecule has 0 saturated heterocycles. The second kappa shape index (κ2) is 6.76. The van der Waals surface area contributed by atoms with Crippen molar-refractivity contribution in [1.82, 2.24) is 4.72 Å². The van der Waals surface area contributed by atoms with E-state index in [0.717, 1.165) is 0 Å². The molecule has 0 heterocycles. The minimum absolute atomic E-state index is 0.0457. The summed E-state index contributed by atoms with van der Waals surface area (Å²) in [5.74, 6) is -0.639. The second-order valence-electron chi connectivity index (χ2n) is 3.14. The Kier molecular flexibility index (Phi) is 6.46. The highest BCUT2D eigenvalue weighted by molar-refractivity contribution is 7.90. The Morgan fingerprint density at radius 1 is 1.53 bits per heavy atom. The topological polar surface area (TPSA) is 98.5 Å². The first-order chi connectivity index (χ1) is 6.95. The summed E-state index contributed by atoms with van der Waals surface area (Å²) < 4.78 is 29.2. The van der Waals surface area contributed by atoms with Crippen LogP contribution < -0.4 is 10.5 Å². The first-order valence-corrected chi connectivity index (χ1v) is 6.36. The third-order valence-corrected chi connectivity index (χ3v) is 3.24. The molecule has 0 aromatic carbocycles. The van der Waals surface area contributed by atoms with Crippen molar-refractivity contribution in [1.29, 1.82) is 0 Å². The quantitative estimate of drug-likeness (QED) is 0.605. The number of hydrogen-bond acceptors (Lipinski definition) is 5. The maximum absolute atomic E-state index is 11.2. The zero-order valence-electron chi connectivity index (χ0n) is 9.02. The van der Waals surface area contributed by atoms with Crippen LogP contribution >= 0.6 is 0 Å². The van der Waals surface area contributed by atoms with Gasteiger partial charge in [-0.3, -0.25) is 9.52 Å². The Morgan fingerprint density at radius 2 is 2.13 bits per heavy atom. The number of rotatable bonds is 7. The van der Waals surface area contributed by atoms with Gasteiger partial charge in [0.25, 0.3) is 0 Å². The standard InChI is InChI=1S/C8H18N2O4S/c1-3-4-15(12,13)10-8(11)5-7(6-9)14-2/h7H,3-6,9H2,1-2H3,(H,10,11). The predicted octanol–water partition coefficient (Wildman–Crippen LogP) is -0.794. The van der Waals surface area contributed by atoms with Crippen molar-refractivity contribution in [2.75, 3.05) is 19.4 Å². The minimum atomic E-state index is -3.49. The first kappa shape index (κ1) is 14.3. The van der Waals surface area contributed by atoms with E-state index in [0.29, 0.717) is 6.42 Å². The van der Waals surface area contributed by atoms with Crippen molar-refractivity contribution in [2.45, 2.75) is 25.9 Å². The van der Waals surface area contributed by atoms with Gasteiger partial charge in [-0.1, -0.05) is 6.92 Å². The molecule has 3 N–H and O–H groups in total. The molecule has 6 nitrogen and oxygen atoms in total. The van der Waals surface area contributed by atoms with Gasteiger partial charge in [-0.05, 0) is 6.42 Å². The average Bonchev–Trinajstić information content (AvgIpc) is 2.13. The molecule has 0 aliphatic carbocycles. The summed E-state index contributed by atoms with van der Waals surface area (Å²) in [6.45, 7) is 1.90.